The highest BCUT2D eigenvalue weighted by molar-refractivity contribution is 7.99. The van der Waals surface area contributed by atoms with Crippen LogP contribution in [0.1, 0.15) is 112 Å². The van der Waals surface area contributed by atoms with Crippen LogP contribution in [0.2, 0.25) is 0 Å². The van der Waals surface area contributed by atoms with E-state index in [0.29, 0.717) is 35.8 Å². The van der Waals surface area contributed by atoms with Crippen LogP contribution in [0.15, 0.2) is 68.6 Å². The molecule has 2 aliphatic carbocycles. The van der Waals surface area contributed by atoms with Gasteiger partial charge in [-0.3, -0.25) is 9.59 Å². The number of rotatable bonds is 14. The molecule has 0 amide bonds. The van der Waals surface area contributed by atoms with E-state index in [1.807, 2.05) is 24.3 Å². The van der Waals surface area contributed by atoms with E-state index < -0.39 is 11.9 Å². The van der Waals surface area contributed by atoms with Crippen molar-refractivity contribution in [2.45, 2.75) is 101 Å². The molecule has 0 unspecified atom stereocenters. The summed E-state index contributed by atoms with van der Waals surface area (Å²) in [6.07, 6.45) is 10.2. The Morgan fingerprint density at radius 3 is 1.30 bits per heavy atom. The number of carbonyl (C=O) groups excluding carboxylic acids is 4. The number of oxime groups is 2. The van der Waals surface area contributed by atoms with Crippen molar-refractivity contribution < 1.29 is 28.9 Å². The fourth-order valence-electron chi connectivity index (χ4n) is 5.48. The SMILES string of the molecule is CCC(=O)ON=C(CC1CCCC1)C(=O)c1ccc(Sc2ccc(C(=O)C(CC3CCCC3)=NOC(=O)CC)cc2)cc1. The Morgan fingerprint density at radius 2 is 0.977 bits per heavy atom. The molecule has 0 spiro atoms. The zero-order valence-electron chi connectivity index (χ0n) is 25.0. The Kier molecular flexibility index (Phi) is 12.3. The van der Waals surface area contributed by atoms with Crippen molar-refractivity contribution in [3.8, 4) is 0 Å². The summed E-state index contributed by atoms with van der Waals surface area (Å²) in [5, 5.41) is 7.93. The maximum atomic E-state index is 13.3. The lowest BCUT2D eigenvalue weighted by atomic mass is 9.96. The Hall–Kier alpha value is -3.59. The molecule has 2 fully saturated rings. The van der Waals surface area contributed by atoms with Crippen LogP contribution >= 0.6 is 11.8 Å². The molecule has 2 aromatic rings. The lowest BCUT2D eigenvalue weighted by molar-refractivity contribution is -0.144. The van der Waals surface area contributed by atoms with Gasteiger partial charge in [0.1, 0.15) is 11.4 Å². The van der Waals surface area contributed by atoms with Crippen LogP contribution in [0.4, 0.5) is 0 Å². The molecule has 4 rings (SSSR count). The predicted octanol–water partition coefficient (Wildman–Crippen LogP) is 7.98. The minimum atomic E-state index is -0.464. The monoisotopic (exact) mass is 604 g/mol. The Labute approximate surface area is 257 Å². The largest absolute Gasteiger partial charge is 0.334 e. The Bertz CT molecular complexity index is 1230. The molecule has 0 saturated heterocycles. The van der Waals surface area contributed by atoms with Crippen molar-refractivity contribution in [1.29, 1.82) is 0 Å². The van der Waals surface area contributed by atoms with E-state index in [1.54, 1.807) is 38.1 Å². The Morgan fingerprint density at radius 1 is 0.628 bits per heavy atom. The topological polar surface area (TPSA) is 111 Å². The van der Waals surface area contributed by atoms with E-state index in [1.165, 1.54) is 11.8 Å². The quantitative estimate of drug-likeness (QED) is 0.0930. The summed E-state index contributed by atoms with van der Waals surface area (Å²) >= 11 is 1.51. The zero-order chi connectivity index (χ0) is 30.6. The lowest BCUT2D eigenvalue weighted by Crippen LogP contribution is -2.19. The number of hydrogen-bond acceptors (Lipinski definition) is 9. The highest BCUT2D eigenvalue weighted by atomic mass is 32.2. The first-order valence-electron chi connectivity index (χ1n) is 15.4. The molecule has 0 bridgehead atoms. The second kappa shape index (κ2) is 16.3. The van der Waals surface area contributed by atoms with E-state index in [9.17, 15) is 19.2 Å². The van der Waals surface area contributed by atoms with Gasteiger partial charge in [0.15, 0.2) is 0 Å². The van der Waals surface area contributed by atoms with Crippen molar-refractivity contribution in [2.75, 3.05) is 0 Å². The normalized spacial score (nSPS) is 16.3. The summed E-state index contributed by atoms with van der Waals surface area (Å²) in [6, 6.07) is 14.5. The third-order valence-electron chi connectivity index (χ3n) is 8.00. The molecule has 2 aliphatic rings. The summed E-state index contributed by atoms with van der Waals surface area (Å²) in [5.41, 5.74) is 1.56. The van der Waals surface area contributed by atoms with Gasteiger partial charge in [-0.2, -0.15) is 0 Å². The van der Waals surface area contributed by atoms with Crippen LogP contribution in [0.5, 0.6) is 0 Å². The summed E-state index contributed by atoms with van der Waals surface area (Å²) in [4.78, 5) is 61.7. The van der Waals surface area contributed by atoms with E-state index in [-0.39, 0.29) is 35.8 Å². The molecule has 8 nitrogen and oxygen atoms in total. The summed E-state index contributed by atoms with van der Waals surface area (Å²) in [7, 11) is 0. The van der Waals surface area contributed by atoms with Crippen LogP contribution < -0.4 is 0 Å². The van der Waals surface area contributed by atoms with Gasteiger partial charge >= 0.3 is 11.9 Å². The van der Waals surface area contributed by atoms with Crippen molar-refractivity contribution in [2.24, 2.45) is 22.1 Å². The molecule has 228 valence electrons. The van der Waals surface area contributed by atoms with Crippen molar-refractivity contribution in [3.05, 3.63) is 59.7 Å². The van der Waals surface area contributed by atoms with E-state index >= 15 is 0 Å². The Balaban J connectivity index is 1.41. The number of carbonyl (C=O) groups is 4. The van der Waals surface area contributed by atoms with Crippen LogP contribution in [0, 0.1) is 11.8 Å². The number of ketones is 2. The smallest absolute Gasteiger partial charge is 0.318 e. The van der Waals surface area contributed by atoms with E-state index in [0.717, 1.165) is 61.2 Å². The second-order valence-electron chi connectivity index (χ2n) is 11.2. The highest BCUT2D eigenvalue weighted by Gasteiger charge is 2.25. The van der Waals surface area contributed by atoms with Gasteiger partial charge in [-0.15, -0.1) is 0 Å². The fourth-order valence-corrected chi connectivity index (χ4v) is 6.29. The van der Waals surface area contributed by atoms with E-state index in [2.05, 4.69) is 10.3 Å². The minimum absolute atomic E-state index is 0.194. The zero-order valence-corrected chi connectivity index (χ0v) is 25.8. The summed E-state index contributed by atoms with van der Waals surface area (Å²) in [5.74, 6) is -0.625. The number of benzene rings is 2. The van der Waals surface area contributed by atoms with Crippen LogP contribution in [0.3, 0.4) is 0 Å². The average Bonchev–Trinajstić information content (AvgIpc) is 3.75. The number of nitrogens with zero attached hydrogens (tertiary/aromatic N) is 2. The first-order valence-corrected chi connectivity index (χ1v) is 16.2. The molecular weight excluding hydrogens is 564 g/mol. The van der Waals surface area contributed by atoms with Gasteiger partial charge in [0, 0.05) is 33.8 Å². The second-order valence-corrected chi connectivity index (χ2v) is 12.4. The third-order valence-corrected chi connectivity index (χ3v) is 9.01. The third kappa shape index (κ3) is 9.71. The van der Waals surface area contributed by atoms with Gasteiger partial charge < -0.3 is 9.68 Å². The number of hydrogen-bond donors (Lipinski definition) is 0. The highest BCUT2D eigenvalue weighted by Crippen LogP contribution is 2.31. The molecular formula is C34H40N2O6S. The average molecular weight is 605 g/mol. The standard InChI is InChI=1S/C34H40N2O6S/c1-3-31(37)41-35-29(21-23-9-5-6-10-23)33(39)25-13-17-27(18-14-25)43-28-19-15-26(16-20-28)34(40)30(36-42-32(38)4-2)22-24-11-7-8-12-24/h13-20,23-24H,3-12,21-22H2,1-2H3. The molecule has 0 aliphatic heterocycles. The summed E-state index contributed by atoms with van der Waals surface area (Å²) in [6.45, 7) is 3.38. The van der Waals surface area contributed by atoms with E-state index in [4.69, 9.17) is 9.68 Å². The lowest BCUT2D eigenvalue weighted by Gasteiger charge is -2.11. The summed E-state index contributed by atoms with van der Waals surface area (Å²) < 4.78 is 0. The van der Waals surface area contributed by atoms with Gasteiger partial charge in [0.05, 0.1) is 0 Å². The van der Waals surface area contributed by atoms with Gasteiger partial charge in [0.2, 0.25) is 11.6 Å². The van der Waals surface area contributed by atoms with Gasteiger partial charge in [-0.1, -0.05) is 87.3 Å². The molecule has 43 heavy (non-hydrogen) atoms. The van der Waals surface area contributed by atoms with Gasteiger partial charge in [-0.25, -0.2) is 9.59 Å². The van der Waals surface area contributed by atoms with Crippen LogP contribution in [-0.2, 0) is 19.3 Å². The fraction of sp³-hybridized carbons (Fsp3) is 0.471. The van der Waals surface area contributed by atoms with Crippen LogP contribution in [0.25, 0.3) is 0 Å². The molecule has 0 N–H and O–H groups in total. The van der Waals surface area contributed by atoms with Gasteiger partial charge in [-0.05, 0) is 73.2 Å². The first-order chi connectivity index (χ1) is 20.9. The van der Waals surface area contributed by atoms with Crippen LogP contribution in [-0.4, -0.2) is 34.9 Å². The van der Waals surface area contributed by atoms with Gasteiger partial charge in [0.25, 0.3) is 0 Å². The maximum absolute atomic E-state index is 13.3. The molecule has 2 aromatic carbocycles. The first kappa shape index (κ1) is 32.3. The molecule has 0 heterocycles. The molecule has 0 aromatic heterocycles. The van der Waals surface area contributed by atoms with Crippen molar-refractivity contribution >= 4 is 46.7 Å². The maximum Gasteiger partial charge on any atom is 0.334 e. The number of Topliss-reactive ketones (excluding diaryl/α,β-unsaturated/α-hetero) is 2. The minimum Gasteiger partial charge on any atom is -0.318 e. The predicted molar refractivity (Wildman–Crippen MR) is 166 cm³/mol. The van der Waals surface area contributed by atoms with Crippen molar-refractivity contribution in [3.63, 3.8) is 0 Å². The molecule has 9 heteroatoms. The molecule has 2 saturated carbocycles. The molecule has 0 atom stereocenters. The van der Waals surface area contributed by atoms with Crippen molar-refractivity contribution in [1.82, 2.24) is 0 Å². The molecule has 0 radical (unpaired) electrons.